The third kappa shape index (κ3) is 3.80. The van der Waals surface area contributed by atoms with Gasteiger partial charge in [0, 0.05) is 12.1 Å². The van der Waals surface area contributed by atoms with Crippen molar-refractivity contribution < 1.29 is 19.6 Å². The normalized spacial score (nSPS) is 16.8. The number of nitro benzene ring substituents is 1. The van der Waals surface area contributed by atoms with E-state index in [2.05, 4.69) is 4.99 Å². The Morgan fingerprint density at radius 3 is 2.57 bits per heavy atom. The number of amides is 1. The predicted molar refractivity (Wildman–Crippen MR) is 108 cm³/mol. The van der Waals surface area contributed by atoms with Crippen molar-refractivity contribution in [2.45, 2.75) is 0 Å². The number of nitrogens with zero attached hydrogens (tertiary/aromatic N) is 3. The molecule has 1 aliphatic heterocycles. The van der Waals surface area contributed by atoms with E-state index in [4.69, 9.17) is 16.3 Å². The van der Waals surface area contributed by atoms with Crippen LogP contribution in [0.4, 0.5) is 11.4 Å². The third-order valence-corrected chi connectivity index (χ3v) is 5.18. The van der Waals surface area contributed by atoms with Crippen LogP contribution >= 0.6 is 23.4 Å². The molecule has 1 heterocycles. The van der Waals surface area contributed by atoms with Crippen LogP contribution < -0.4 is 4.74 Å². The van der Waals surface area contributed by atoms with Gasteiger partial charge in [0.15, 0.2) is 10.9 Å². The van der Waals surface area contributed by atoms with Crippen molar-refractivity contribution in [2.75, 3.05) is 14.2 Å². The van der Waals surface area contributed by atoms with Crippen LogP contribution in [0, 0.1) is 10.1 Å². The molecule has 1 amide bonds. The Balaban J connectivity index is 2.01. The Labute approximate surface area is 169 Å². The lowest BCUT2D eigenvalue weighted by atomic mass is 10.1. The van der Waals surface area contributed by atoms with Gasteiger partial charge in [0.25, 0.3) is 5.91 Å². The number of amidine groups is 1. The number of halogens is 1. The van der Waals surface area contributed by atoms with E-state index in [1.807, 2.05) is 0 Å². The number of phenols is 1. The molecule has 0 spiro atoms. The fourth-order valence-electron chi connectivity index (χ4n) is 2.50. The smallest absolute Gasteiger partial charge is 0.322 e. The number of aromatic hydroxyl groups is 1. The molecular weight excluding hydrogens is 406 g/mol. The second kappa shape index (κ2) is 7.91. The Bertz CT molecular complexity index is 1020. The molecule has 0 unspecified atom stereocenters. The van der Waals surface area contributed by atoms with E-state index in [1.54, 1.807) is 31.3 Å². The molecule has 28 heavy (non-hydrogen) atoms. The van der Waals surface area contributed by atoms with Crippen molar-refractivity contribution in [3.63, 3.8) is 0 Å². The van der Waals surface area contributed by atoms with Crippen LogP contribution in [0.25, 0.3) is 6.08 Å². The Kier molecular flexibility index (Phi) is 5.57. The molecule has 2 aromatic carbocycles. The van der Waals surface area contributed by atoms with Crippen molar-refractivity contribution in [1.29, 1.82) is 0 Å². The third-order valence-electron chi connectivity index (χ3n) is 3.87. The average molecular weight is 420 g/mol. The summed E-state index contributed by atoms with van der Waals surface area (Å²) in [6.07, 6.45) is 1.38. The Hall–Kier alpha value is -3.04. The summed E-state index contributed by atoms with van der Waals surface area (Å²) in [6, 6.07) is 9.42. The number of carbonyl (C=O) groups excluding carboxylic acids is 1. The maximum absolute atomic E-state index is 12.6. The summed E-state index contributed by atoms with van der Waals surface area (Å²) >= 11 is 6.95. The lowest BCUT2D eigenvalue weighted by molar-refractivity contribution is -0.386. The summed E-state index contributed by atoms with van der Waals surface area (Å²) in [5, 5.41) is 22.2. The van der Waals surface area contributed by atoms with Crippen molar-refractivity contribution in [3.8, 4) is 11.5 Å². The van der Waals surface area contributed by atoms with Gasteiger partial charge in [0.05, 0.1) is 28.2 Å². The van der Waals surface area contributed by atoms with Crippen LogP contribution in [0.1, 0.15) is 5.56 Å². The molecule has 8 nitrogen and oxygen atoms in total. The molecule has 1 fully saturated rings. The van der Waals surface area contributed by atoms with E-state index < -0.39 is 10.6 Å². The first kappa shape index (κ1) is 19.7. The molecule has 0 saturated carbocycles. The van der Waals surface area contributed by atoms with Gasteiger partial charge in [-0.3, -0.25) is 19.8 Å². The van der Waals surface area contributed by atoms with Crippen LogP contribution in [0.3, 0.4) is 0 Å². The van der Waals surface area contributed by atoms with Crippen LogP contribution in [0.2, 0.25) is 5.02 Å². The second-order valence-corrected chi connectivity index (χ2v) is 7.10. The topological polar surface area (TPSA) is 105 Å². The molecule has 0 atom stereocenters. The molecule has 1 N–H and O–H groups in total. The zero-order chi connectivity index (χ0) is 20.4. The summed E-state index contributed by atoms with van der Waals surface area (Å²) in [5.41, 5.74) is 0.330. The standard InChI is InChI=1S/C18H14ClN3O5S/c1-21-17(24)14(28-18(21)20-12-6-4-11(19)5-7-12)9-10-3-8-13(23)16(27-2)15(10)22(25)26/h3-9,23H,1-2H3/b14-9-,20-18?. The minimum atomic E-state index is -0.665. The first-order chi connectivity index (χ1) is 13.3. The van der Waals surface area contributed by atoms with E-state index in [0.717, 1.165) is 11.8 Å². The predicted octanol–water partition coefficient (Wildman–Crippen LogP) is 4.20. The van der Waals surface area contributed by atoms with Crippen molar-refractivity contribution in [2.24, 2.45) is 4.99 Å². The molecule has 0 bridgehead atoms. The summed E-state index contributed by atoms with van der Waals surface area (Å²) in [5.74, 6) is -0.971. The molecule has 1 saturated heterocycles. The first-order valence-corrected chi connectivity index (χ1v) is 9.07. The van der Waals surface area contributed by atoms with Crippen molar-refractivity contribution in [1.82, 2.24) is 4.90 Å². The number of hydrogen-bond donors (Lipinski definition) is 1. The van der Waals surface area contributed by atoms with Gasteiger partial charge < -0.3 is 9.84 Å². The van der Waals surface area contributed by atoms with Crippen molar-refractivity contribution in [3.05, 3.63) is 62.0 Å². The number of carbonyl (C=O) groups is 1. The molecule has 3 rings (SSSR count). The number of methoxy groups -OCH3 is 1. The summed E-state index contributed by atoms with van der Waals surface area (Å²) in [6.45, 7) is 0. The highest BCUT2D eigenvalue weighted by atomic mass is 35.5. The van der Waals surface area contributed by atoms with Gasteiger partial charge in [0.2, 0.25) is 5.75 Å². The minimum Gasteiger partial charge on any atom is -0.504 e. The Morgan fingerprint density at radius 2 is 1.96 bits per heavy atom. The first-order valence-electron chi connectivity index (χ1n) is 7.88. The SMILES string of the molecule is COc1c(O)ccc(/C=C2\SC(=Nc3ccc(Cl)cc3)N(C)C2=O)c1[N+](=O)[O-]. The highest BCUT2D eigenvalue weighted by Gasteiger charge is 2.32. The van der Waals surface area contributed by atoms with E-state index in [-0.39, 0.29) is 27.9 Å². The number of ether oxygens (including phenoxy) is 1. The second-order valence-electron chi connectivity index (χ2n) is 5.66. The van der Waals surface area contributed by atoms with Gasteiger partial charge in [-0.2, -0.15) is 0 Å². The fourth-order valence-corrected chi connectivity index (χ4v) is 3.60. The maximum atomic E-state index is 12.6. The number of aliphatic imine (C=N–C) groups is 1. The van der Waals surface area contributed by atoms with Crippen LogP contribution in [0.5, 0.6) is 11.5 Å². The van der Waals surface area contributed by atoms with E-state index in [0.29, 0.717) is 15.9 Å². The largest absolute Gasteiger partial charge is 0.504 e. The molecule has 0 aromatic heterocycles. The van der Waals surface area contributed by atoms with Crippen LogP contribution in [-0.2, 0) is 4.79 Å². The average Bonchev–Trinajstić information content (AvgIpc) is 2.92. The number of phenolic OH excluding ortho intramolecular Hbond substituents is 1. The summed E-state index contributed by atoms with van der Waals surface area (Å²) in [7, 11) is 2.79. The zero-order valence-electron chi connectivity index (χ0n) is 14.7. The van der Waals surface area contributed by atoms with Gasteiger partial charge in [0.1, 0.15) is 0 Å². The van der Waals surface area contributed by atoms with Crippen LogP contribution in [-0.4, -0.2) is 40.2 Å². The monoisotopic (exact) mass is 419 g/mol. The molecular formula is C18H14ClN3O5S. The quantitative estimate of drug-likeness (QED) is 0.452. The van der Waals surface area contributed by atoms with Gasteiger partial charge in [-0.05, 0) is 54.2 Å². The summed E-state index contributed by atoms with van der Waals surface area (Å²) < 4.78 is 4.94. The number of benzene rings is 2. The van der Waals surface area contributed by atoms with E-state index in [9.17, 15) is 20.0 Å². The van der Waals surface area contributed by atoms with Gasteiger partial charge in [-0.15, -0.1) is 0 Å². The number of hydrogen-bond acceptors (Lipinski definition) is 7. The molecule has 2 aromatic rings. The highest BCUT2D eigenvalue weighted by molar-refractivity contribution is 8.18. The highest BCUT2D eigenvalue weighted by Crippen LogP contribution is 2.41. The van der Waals surface area contributed by atoms with E-state index in [1.165, 1.54) is 30.2 Å². The number of rotatable bonds is 4. The van der Waals surface area contributed by atoms with Gasteiger partial charge in [-0.25, -0.2) is 4.99 Å². The minimum absolute atomic E-state index is 0.136. The molecule has 10 heteroatoms. The number of thioether (sulfide) groups is 1. The maximum Gasteiger partial charge on any atom is 0.322 e. The van der Waals surface area contributed by atoms with E-state index >= 15 is 0 Å². The molecule has 0 radical (unpaired) electrons. The number of likely N-dealkylation sites (N-methyl/N-ethyl adjacent to an activating group) is 1. The fraction of sp³-hybridized carbons (Fsp3) is 0.111. The zero-order valence-corrected chi connectivity index (χ0v) is 16.3. The lowest BCUT2D eigenvalue weighted by Crippen LogP contribution is -2.23. The van der Waals surface area contributed by atoms with Gasteiger partial charge in [-0.1, -0.05) is 11.6 Å². The molecule has 1 aliphatic rings. The molecule has 144 valence electrons. The number of nitro groups is 1. The summed E-state index contributed by atoms with van der Waals surface area (Å²) in [4.78, 5) is 29.4. The van der Waals surface area contributed by atoms with Crippen molar-refractivity contribution >= 4 is 51.9 Å². The lowest BCUT2D eigenvalue weighted by Gasteiger charge is -2.07. The van der Waals surface area contributed by atoms with Gasteiger partial charge >= 0.3 is 5.69 Å². The molecule has 0 aliphatic carbocycles. The van der Waals surface area contributed by atoms with Crippen LogP contribution in [0.15, 0.2) is 46.3 Å². The Morgan fingerprint density at radius 1 is 1.29 bits per heavy atom.